The maximum Gasteiger partial charge on any atom is 0.118 e. The molecule has 0 spiro atoms. The van der Waals surface area contributed by atoms with Crippen LogP contribution in [0.3, 0.4) is 0 Å². The lowest BCUT2D eigenvalue weighted by molar-refractivity contribution is 0.302. The van der Waals surface area contributed by atoms with Gasteiger partial charge in [0.15, 0.2) is 0 Å². The molecule has 0 saturated carbocycles. The first-order valence-electron chi connectivity index (χ1n) is 8.08. The number of piperidine rings is 1. The topological polar surface area (TPSA) is 34.1 Å². The fourth-order valence-electron chi connectivity index (χ4n) is 3.39. The van der Waals surface area contributed by atoms with Gasteiger partial charge in [-0.25, -0.2) is 0 Å². The molecule has 1 aliphatic rings. The van der Waals surface area contributed by atoms with Gasteiger partial charge in [0, 0.05) is 29.9 Å². The molecule has 1 unspecified atom stereocenters. The summed E-state index contributed by atoms with van der Waals surface area (Å²) in [5.74, 6) is 0.884. The van der Waals surface area contributed by atoms with Crippen LogP contribution in [0.1, 0.15) is 31.7 Å². The van der Waals surface area contributed by atoms with Crippen LogP contribution in [-0.2, 0) is 5.41 Å². The minimum Gasteiger partial charge on any atom is -0.497 e. The molecule has 3 heteroatoms. The van der Waals surface area contributed by atoms with Crippen molar-refractivity contribution in [3.05, 3.63) is 48.3 Å². The Kier molecular flexibility index (Phi) is 4.44. The highest BCUT2D eigenvalue weighted by Crippen LogP contribution is 2.35. The molecule has 2 aromatic rings. The Balaban J connectivity index is 1.94. The van der Waals surface area contributed by atoms with Crippen LogP contribution in [0, 0.1) is 0 Å². The van der Waals surface area contributed by atoms with Crippen molar-refractivity contribution in [2.24, 2.45) is 0 Å². The standard InChI is InChI=1S/C19H24N2O/c1-3-19(9-4-10-20-14-19)17-11-16(12-21-13-17)15-5-7-18(22-2)8-6-15/h5-8,11-13,20H,3-4,9-10,14H2,1-2H3. The van der Waals surface area contributed by atoms with Gasteiger partial charge in [0.2, 0.25) is 0 Å². The van der Waals surface area contributed by atoms with E-state index in [-0.39, 0.29) is 5.41 Å². The number of methoxy groups -OCH3 is 1. The molecule has 3 nitrogen and oxygen atoms in total. The summed E-state index contributed by atoms with van der Waals surface area (Å²) in [7, 11) is 1.69. The first kappa shape index (κ1) is 15.0. The SMILES string of the molecule is CCC1(c2cncc(-c3ccc(OC)cc3)c2)CCCNC1. The van der Waals surface area contributed by atoms with Gasteiger partial charge in [0.1, 0.15) is 5.75 Å². The average Bonchev–Trinajstić information content (AvgIpc) is 2.62. The van der Waals surface area contributed by atoms with Crippen molar-refractivity contribution in [1.29, 1.82) is 0 Å². The van der Waals surface area contributed by atoms with Crippen LogP contribution in [0.15, 0.2) is 42.7 Å². The van der Waals surface area contributed by atoms with E-state index >= 15 is 0 Å². The molecule has 1 aromatic carbocycles. The monoisotopic (exact) mass is 296 g/mol. The molecule has 22 heavy (non-hydrogen) atoms. The second-order valence-corrected chi connectivity index (χ2v) is 6.11. The lowest BCUT2D eigenvalue weighted by Gasteiger charge is -2.37. The van der Waals surface area contributed by atoms with Gasteiger partial charge in [0.25, 0.3) is 0 Å². The molecule has 1 aromatic heterocycles. The molecular formula is C19H24N2O. The minimum absolute atomic E-state index is 0.230. The summed E-state index contributed by atoms with van der Waals surface area (Å²) in [6.07, 6.45) is 7.62. The molecule has 116 valence electrons. The van der Waals surface area contributed by atoms with Gasteiger partial charge in [-0.1, -0.05) is 19.1 Å². The Morgan fingerprint density at radius 1 is 1.18 bits per heavy atom. The summed E-state index contributed by atoms with van der Waals surface area (Å²) in [6, 6.07) is 10.5. The van der Waals surface area contributed by atoms with Crippen molar-refractivity contribution in [1.82, 2.24) is 10.3 Å². The van der Waals surface area contributed by atoms with Crippen molar-refractivity contribution >= 4 is 0 Å². The highest BCUT2D eigenvalue weighted by Gasteiger charge is 2.32. The Morgan fingerprint density at radius 2 is 2.00 bits per heavy atom. The quantitative estimate of drug-likeness (QED) is 0.932. The summed E-state index contributed by atoms with van der Waals surface area (Å²) in [4.78, 5) is 4.51. The van der Waals surface area contributed by atoms with Crippen LogP contribution in [0.25, 0.3) is 11.1 Å². The molecule has 0 amide bonds. The van der Waals surface area contributed by atoms with Crippen molar-refractivity contribution in [2.75, 3.05) is 20.2 Å². The van der Waals surface area contributed by atoms with E-state index < -0.39 is 0 Å². The largest absolute Gasteiger partial charge is 0.497 e. The summed E-state index contributed by atoms with van der Waals surface area (Å²) in [5, 5.41) is 3.56. The van der Waals surface area contributed by atoms with Crippen LogP contribution in [0.2, 0.25) is 0 Å². The lowest BCUT2D eigenvalue weighted by Crippen LogP contribution is -2.43. The highest BCUT2D eigenvalue weighted by molar-refractivity contribution is 5.64. The highest BCUT2D eigenvalue weighted by atomic mass is 16.5. The number of nitrogens with one attached hydrogen (secondary N) is 1. The van der Waals surface area contributed by atoms with Gasteiger partial charge in [-0.15, -0.1) is 0 Å². The van der Waals surface area contributed by atoms with Crippen LogP contribution in [0.4, 0.5) is 0 Å². The van der Waals surface area contributed by atoms with Crippen molar-refractivity contribution in [3.63, 3.8) is 0 Å². The molecule has 1 atom stereocenters. The summed E-state index contributed by atoms with van der Waals surface area (Å²) >= 11 is 0. The second kappa shape index (κ2) is 6.49. The summed E-state index contributed by atoms with van der Waals surface area (Å²) < 4.78 is 5.23. The first-order valence-corrected chi connectivity index (χ1v) is 8.08. The number of hydrogen-bond donors (Lipinski definition) is 1. The van der Waals surface area contributed by atoms with E-state index in [4.69, 9.17) is 4.74 Å². The number of nitrogens with zero attached hydrogens (tertiary/aromatic N) is 1. The zero-order chi connectivity index (χ0) is 15.4. The number of benzene rings is 1. The van der Waals surface area contributed by atoms with Gasteiger partial charge in [-0.2, -0.15) is 0 Å². The van der Waals surface area contributed by atoms with Gasteiger partial charge in [0.05, 0.1) is 7.11 Å². The lowest BCUT2D eigenvalue weighted by atomic mass is 9.73. The van der Waals surface area contributed by atoms with E-state index in [0.717, 1.165) is 25.3 Å². The number of ether oxygens (including phenoxy) is 1. The zero-order valence-electron chi connectivity index (χ0n) is 13.4. The molecule has 1 aliphatic heterocycles. The molecular weight excluding hydrogens is 272 g/mol. The normalized spacial score (nSPS) is 21.5. The van der Waals surface area contributed by atoms with Gasteiger partial charge in [-0.3, -0.25) is 4.98 Å². The Labute approximate surface area is 132 Å². The number of rotatable bonds is 4. The number of aromatic nitrogens is 1. The van der Waals surface area contributed by atoms with Gasteiger partial charge >= 0.3 is 0 Å². The number of pyridine rings is 1. The van der Waals surface area contributed by atoms with E-state index in [2.05, 4.69) is 35.4 Å². The molecule has 3 rings (SSSR count). The summed E-state index contributed by atoms with van der Waals surface area (Å²) in [6.45, 7) is 4.47. The Hall–Kier alpha value is -1.87. The molecule has 0 bridgehead atoms. The summed E-state index contributed by atoms with van der Waals surface area (Å²) in [5.41, 5.74) is 3.95. The van der Waals surface area contributed by atoms with Crippen LogP contribution >= 0.6 is 0 Å². The maximum atomic E-state index is 5.23. The molecule has 1 fully saturated rings. The third-order valence-electron chi connectivity index (χ3n) is 4.92. The van der Waals surface area contributed by atoms with Crippen LogP contribution in [0.5, 0.6) is 5.75 Å². The van der Waals surface area contributed by atoms with E-state index in [9.17, 15) is 0 Å². The second-order valence-electron chi connectivity index (χ2n) is 6.11. The third-order valence-corrected chi connectivity index (χ3v) is 4.92. The van der Waals surface area contributed by atoms with Crippen LogP contribution in [-0.4, -0.2) is 25.2 Å². The third kappa shape index (κ3) is 2.86. The van der Waals surface area contributed by atoms with Crippen molar-refractivity contribution in [2.45, 2.75) is 31.6 Å². The van der Waals surface area contributed by atoms with Gasteiger partial charge in [-0.05, 0) is 55.1 Å². The minimum atomic E-state index is 0.230. The first-order chi connectivity index (χ1) is 10.8. The van der Waals surface area contributed by atoms with E-state index in [1.807, 2.05) is 24.5 Å². The fraction of sp³-hybridized carbons (Fsp3) is 0.421. The van der Waals surface area contributed by atoms with Crippen molar-refractivity contribution < 1.29 is 4.74 Å². The Bertz CT molecular complexity index is 616. The maximum absolute atomic E-state index is 5.23. The fourth-order valence-corrected chi connectivity index (χ4v) is 3.39. The number of hydrogen-bond acceptors (Lipinski definition) is 3. The predicted molar refractivity (Wildman–Crippen MR) is 90.3 cm³/mol. The Morgan fingerprint density at radius 3 is 2.64 bits per heavy atom. The average molecular weight is 296 g/mol. The molecule has 0 radical (unpaired) electrons. The molecule has 1 N–H and O–H groups in total. The predicted octanol–water partition coefficient (Wildman–Crippen LogP) is 3.79. The van der Waals surface area contributed by atoms with E-state index in [0.29, 0.717) is 0 Å². The smallest absolute Gasteiger partial charge is 0.118 e. The van der Waals surface area contributed by atoms with Crippen molar-refractivity contribution in [3.8, 4) is 16.9 Å². The van der Waals surface area contributed by atoms with Gasteiger partial charge < -0.3 is 10.1 Å². The van der Waals surface area contributed by atoms with Crippen LogP contribution < -0.4 is 10.1 Å². The molecule has 2 heterocycles. The van der Waals surface area contributed by atoms with E-state index in [1.165, 1.54) is 29.5 Å². The zero-order valence-corrected chi connectivity index (χ0v) is 13.4. The molecule has 1 saturated heterocycles. The van der Waals surface area contributed by atoms with E-state index in [1.54, 1.807) is 7.11 Å². The molecule has 0 aliphatic carbocycles.